The number of nitrogens with one attached hydrogen (secondary N) is 2. The van der Waals surface area contributed by atoms with Gasteiger partial charge in [-0.1, -0.05) is 58.0 Å². The SMILES string of the molecule is CC(C)CC1C2CC3CCN(CC(C)C)C1C3(C(=O)NCc1ccccc1)NC2=O. The Morgan fingerprint density at radius 3 is 2.60 bits per heavy atom. The van der Waals surface area contributed by atoms with E-state index in [1.807, 2.05) is 30.3 Å². The molecule has 164 valence electrons. The Labute approximate surface area is 181 Å². The van der Waals surface area contributed by atoms with Gasteiger partial charge in [-0.2, -0.15) is 0 Å². The van der Waals surface area contributed by atoms with Crippen LogP contribution in [0.5, 0.6) is 0 Å². The molecular weight excluding hydrogens is 374 g/mol. The fourth-order valence-electron chi connectivity index (χ4n) is 6.42. The summed E-state index contributed by atoms with van der Waals surface area (Å²) in [6.45, 7) is 11.4. The summed E-state index contributed by atoms with van der Waals surface area (Å²) in [4.78, 5) is 29.4. The van der Waals surface area contributed by atoms with Crippen LogP contribution in [-0.4, -0.2) is 41.4 Å². The van der Waals surface area contributed by atoms with Gasteiger partial charge in [-0.25, -0.2) is 0 Å². The van der Waals surface area contributed by atoms with E-state index in [2.05, 4.69) is 43.2 Å². The third kappa shape index (κ3) is 3.66. The monoisotopic (exact) mass is 411 g/mol. The second-order valence-corrected chi connectivity index (χ2v) is 10.5. The number of likely N-dealkylation sites (tertiary alicyclic amines) is 1. The van der Waals surface area contributed by atoms with Gasteiger partial charge in [0, 0.05) is 25.0 Å². The number of benzene rings is 1. The number of hydrogen-bond acceptors (Lipinski definition) is 3. The predicted molar refractivity (Wildman–Crippen MR) is 119 cm³/mol. The standard InChI is InChI=1S/C25H37N3O2/c1-16(2)12-20-21-13-19-10-11-28(15-17(3)4)22(20)25(19,27-23(21)29)24(30)26-14-18-8-6-5-7-9-18/h5-9,16-17,19-22H,10-15H2,1-4H3,(H,26,30)(H,27,29). The molecule has 0 radical (unpaired) electrons. The maximum atomic E-state index is 13.8. The summed E-state index contributed by atoms with van der Waals surface area (Å²) in [5, 5.41) is 6.48. The molecule has 4 aliphatic rings. The summed E-state index contributed by atoms with van der Waals surface area (Å²) < 4.78 is 0. The highest BCUT2D eigenvalue weighted by Crippen LogP contribution is 2.53. The van der Waals surface area contributed by atoms with Crippen molar-refractivity contribution in [3.8, 4) is 0 Å². The predicted octanol–water partition coefficient (Wildman–Crippen LogP) is 3.20. The van der Waals surface area contributed by atoms with E-state index in [9.17, 15) is 9.59 Å². The van der Waals surface area contributed by atoms with Gasteiger partial charge in [-0.3, -0.25) is 14.5 Å². The lowest BCUT2D eigenvalue weighted by atomic mass is 9.52. The first-order valence-corrected chi connectivity index (χ1v) is 11.7. The lowest BCUT2D eigenvalue weighted by Crippen LogP contribution is -2.84. The molecular formula is C25H37N3O2. The quantitative estimate of drug-likeness (QED) is 0.724. The normalized spacial score (nSPS) is 33.1. The summed E-state index contributed by atoms with van der Waals surface area (Å²) in [5.41, 5.74) is 0.286. The van der Waals surface area contributed by atoms with E-state index >= 15 is 0 Å². The second-order valence-electron chi connectivity index (χ2n) is 10.5. The average molecular weight is 412 g/mol. The molecule has 5 nitrogen and oxygen atoms in total. The number of carbonyl (C=O) groups is 2. The lowest BCUT2D eigenvalue weighted by Gasteiger charge is -2.64. The Kier molecular flexibility index (Phi) is 5.93. The number of amides is 2. The third-order valence-electron chi connectivity index (χ3n) is 7.41. The maximum Gasteiger partial charge on any atom is 0.247 e. The highest BCUT2D eigenvalue weighted by atomic mass is 16.2. The van der Waals surface area contributed by atoms with Crippen molar-refractivity contribution >= 4 is 11.8 Å². The van der Waals surface area contributed by atoms with E-state index in [1.54, 1.807) is 0 Å². The van der Waals surface area contributed by atoms with Crippen LogP contribution in [0.1, 0.15) is 52.5 Å². The molecule has 1 aromatic rings. The van der Waals surface area contributed by atoms with Gasteiger partial charge >= 0.3 is 0 Å². The summed E-state index contributed by atoms with van der Waals surface area (Å²) in [6, 6.07) is 10.1. The van der Waals surface area contributed by atoms with Crippen molar-refractivity contribution in [2.75, 3.05) is 13.1 Å². The van der Waals surface area contributed by atoms with Gasteiger partial charge in [0.25, 0.3) is 0 Å². The molecule has 1 saturated carbocycles. The van der Waals surface area contributed by atoms with Crippen LogP contribution in [-0.2, 0) is 16.1 Å². The maximum absolute atomic E-state index is 13.8. The fourth-order valence-corrected chi connectivity index (χ4v) is 6.42. The molecule has 3 aliphatic heterocycles. The Morgan fingerprint density at radius 1 is 1.20 bits per heavy atom. The molecule has 3 heterocycles. The fraction of sp³-hybridized carbons (Fsp3) is 0.680. The summed E-state index contributed by atoms with van der Waals surface area (Å²) in [5.74, 6) is 1.66. The summed E-state index contributed by atoms with van der Waals surface area (Å²) in [6.07, 6.45) is 2.83. The van der Waals surface area contributed by atoms with Gasteiger partial charge < -0.3 is 10.6 Å². The Hall–Kier alpha value is -1.88. The van der Waals surface area contributed by atoms with Crippen molar-refractivity contribution in [1.29, 1.82) is 0 Å². The van der Waals surface area contributed by atoms with Crippen LogP contribution in [0.15, 0.2) is 30.3 Å². The molecule has 1 aromatic carbocycles. The highest BCUT2D eigenvalue weighted by molar-refractivity contribution is 5.96. The average Bonchev–Trinajstić information content (AvgIpc) is 2.69. The van der Waals surface area contributed by atoms with Gasteiger partial charge in [-0.05, 0) is 55.0 Å². The van der Waals surface area contributed by atoms with Gasteiger partial charge in [0.2, 0.25) is 11.8 Å². The zero-order chi connectivity index (χ0) is 21.5. The molecule has 3 saturated heterocycles. The van der Waals surface area contributed by atoms with Crippen LogP contribution >= 0.6 is 0 Å². The van der Waals surface area contributed by atoms with E-state index in [-0.39, 0.29) is 35.6 Å². The third-order valence-corrected chi connectivity index (χ3v) is 7.41. The van der Waals surface area contributed by atoms with Crippen molar-refractivity contribution in [3.05, 3.63) is 35.9 Å². The van der Waals surface area contributed by atoms with E-state index in [0.29, 0.717) is 18.4 Å². The molecule has 4 fully saturated rings. The van der Waals surface area contributed by atoms with E-state index in [1.165, 1.54) is 0 Å². The number of fused-ring (bicyclic) bond motifs is 1. The summed E-state index contributed by atoms with van der Waals surface area (Å²) >= 11 is 0. The van der Waals surface area contributed by atoms with Gasteiger partial charge in [-0.15, -0.1) is 0 Å². The Bertz CT molecular complexity index is 778. The molecule has 0 spiro atoms. The molecule has 5 rings (SSSR count). The van der Waals surface area contributed by atoms with Gasteiger partial charge in [0.1, 0.15) is 5.54 Å². The second kappa shape index (κ2) is 8.33. The van der Waals surface area contributed by atoms with E-state index in [4.69, 9.17) is 0 Å². The van der Waals surface area contributed by atoms with Crippen LogP contribution in [0.3, 0.4) is 0 Å². The first kappa shape index (κ1) is 21.4. The van der Waals surface area contributed by atoms with E-state index in [0.717, 1.165) is 37.9 Å². The number of hydrogen-bond donors (Lipinski definition) is 2. The first-order chi connectivity index (χ1) is 14.3. The van der Waals surface area contributed by atoms with Crippen LogP contribution in [0.25, 0.3) is 0 Å². The Balaban J connectivity index is 1.67. The number of rotatable bonds is 7. The minimum atomic E-state index is -0.798. The topological polar surface area (TPSA) is 61.4 Å². The minimum Gasteiger partial charge on any atom is -0.350 e. The van der Waals surface area contributed by atoms with Gasteiger partial charge in [0.05, 0.1) is 0 Å². The van der Waals surface area contributed by atoms with Crippen molar-refractivity contribution < 1.29 is 9.59 Å². The van der Waals surface area contributed by atoms with Crippen LogP contribution in [0, 0.1) is 29.6 Å². The molecule has 1 aliphatic carbocycles. The smallest absolute Gasteiger partial charge is 0.247 e. The largest absolute Gasteiger partial charge is 0.350 e. The van der Waals surface area contributed by atoms with Crippen molar-refractivity contribution in [3.63, 3.8) is 0 Å². The zero-order valence-electron chi connectivity index (χ0n) is 18.9. The van der Waals surface area contributed by atoms with Crippen molar-refractivity contribution in [2.45, 2.75) is 65.1 Å². The number of carbonyl (C=O) groups excluding carboxylic acids is 2. The molecule has 5 atom stereocenters. The lowest BCUT2D eigenvalue weighted by molar-refractivity contribution is -0.176. The molecule has 2 N–H and O–H groups in total. The molecule has 30 heavy (non-hydrogen) atoms. The highest BCUT2D eigenvalue weighted by Gasteiger charge is 2.67. The minimum absolute atomic E-state index is 0.00932. The molecule has 5 heteroatoms. The molecule has 2 amide bonds. The first-order valence-electron chi connectivity index (χ1n) is 11.7. The number of nitrogens with zero attached hydrogens (tertiary/aromatic N) is 1. The number of piperidine rings is 3. The van der Waals surface area contributed by atoms with Crippen molar-refractivity contribution in [2.24, 2.45) is 29.6 Å². The molecule has 0 aromatic heterocycles. The van der Waals surface area contributed by atoms with Crippen molar-refractivity contribution in [1.82, 2.24) is 15.5 Å². The Morgan fingerprint density at radius 2 is 1.93 bits per heavy atom. The summed E-state index contributed by atoms with van der Waals surface area (Å²) in [7, 11) is 0. The molecule has 4 bridgehead atoms. The van der Waals surface area contributed by atoms with Crippen LogP contribution < -0.4 is 10.6 Å². The van der Waals surface area contributed by atoms with Gasteiger partial charge in [0.15, 0.2) is 0 Å². The van der Waals surface area contributed by atoms with Crippen LogP contribution in [0.2, 0.25) is 0 Å². The van der Waals surface area contributed by atoms with Crippen LogP contribution in [0.4, 0.5) is 0 Å². The zero-order valence-corrected chi connectivity index (χ0v) is 18.9. The van der Waals surface area contributed by atoms with E-state index < -0.39 is 5.54 Å². The molecule has 5 unspecified atom stereocenters.